The molecule has 1 aromatic carbocycles. The van der Waals surface area contributed by atoms with Crippen LogP contribution in [0.5, 0.6) is 0 Å². The van der Waals surface area contributed by atoms with Crippen molar-refractivity contribution in [2.24, 2.45) is 11.8 Å². The van der Waals surface area contributed by atoms with Crippen LogP contribution in [0.2, 0.25) is 0 Å². The van der Waals surface area contributed by atoms with Gasteiger partial charge in [0.25, 0.3) is 0 Å². The van der Waals surface area contributed by atoms with E-state index in [2.05, 4.69) is 43.4 Å². The van der Waals surface area contributed by atoms with Crippen LogP contribution in [0.25, 0.3) is 0 Å². The molecule has 1 heterocycles. The fraction of sp³-hybridized carbons (Fsp3) is 0.625. The van der Waals surface area contributed by atoms with E-state index >= 15 is 0 Å². The molecule has 4 unspecified atom stereocenters. The highest BCUT2D eigenvalue weighted by Gasteiger charge is 2.46. The summed E-state index contributed by atoms with van der Waals surface area (Å²) in [6.07, 6.45) is 4.19. The van der Waals surface area contributed by atoms with Crippen LogP contribution in [-0.4, -0.2) is 16.7 Å². The first kappa shape index (κ1) is 12.0. The van der Waals surface area contributed by atoms with Gasteiger partial charge in [0.2, 0.25) is 0 Å². The molecule has 0 bridgehead atoms. The number of hydrogen-bond acceptors (Lipinski definition) is 2. The van der Waals surface area contributed by atoms with Crippen LogP contribution < -0.4 is 5.32 Å². The zero-order valence-electron chi connectivity index (χ0n) is 11.3. The molecule has 0 saturated heterocycles. The Bertz CT molecular complexity index is 419. The van der Waals surface area contributed by atoms with Crippen molar-refractivity contribution in [3.63, 3.8) is 0 Å². The smallest absolute Gasteiger partial charge is 0.0876 e. The van der Waals surface area contributed by atoms with Crippen molar-refractivity contribution in [2.75, 3.05) is 5.32 Å². The zero-order chi connectivity index (χ0) is 12.8. The zero-order valence-corrected chi connectivity index (χ0v) is 11.3. The fourth-order valence-electron chi connectivity index (χ4n) is 3.77. The summed E-state index contributed by atoms with van der Waals surface area (Å²) in [5.74, 6) is 1.14. The average Bonchev–Trinajstić information content (AvgIpc) is 2.78. The third kappa shape index (κ3) is 1.83. The topological polar surface area (TPSA) is 32.3 Å². The van der Waals surface area contributed by atoms with Crippen LogP contribution in [-0.2, 0) is 6.42 Å². The molecule has 0 spiro atoms. The first-order valence-corrected chi connectivity index (χ1v) is 7.16. The number of nitrogens with one attached hydrogen (secondary N) is 1. The largest absolute Gasteiger partial charge is 0.387 e. The second-order valence-corrected chi connectivity index (χ2v) is 6.33. The van der Waals surface area contributed by atoms with Gasteiger partial charge in [0.05, 0.1) is 11.6 Å². The van der Waals surface area contributed by atoms with Crippen molar-refractivity contribution in [1.29, 1.82) is 0 Å². The van der Waals surface area contributed by atoms with E-state index < -0.39 is 5.60 Å². The average molecular weight is 245 g/mol. The van der Waals surface area contributed by atoms with Crippen LogP contribution in [0.15, 0.2) is 24.3 Å². The molecular weight excluding hydrogens is 222 g/mol. The monoisotopic (exact) mass is 245 g/mol. The van der Waals surface area contributed by atoms with E-state index in [4.69, 9.17) is 0 Å². The maximum Gasteiger partial charge on any atom is 0.0876 e. The van der Waals surface area contributed by atoms with Crippen molar-refractivity contribution >= 4 is 5.69 Å². The van der Waals surface area contributed by atoms with E-state index in [1.165, 1.54) is 11.3 Å². The Balaban J connectivity index is 1.81. The standard InChI is InChI=1S/C16H23NO/c1-11-7-8-16(18,12(2)9-11)15-10-13-5-3-4-6-14(13)17-15/h3-6,11-12,15,17-18H,7-10H2,1-2H3. The van der Waals surface area contributed by atoms with Gasteiger partial charge in [-0.1, -0.05) is 32.0 Å². The summed E-state index contributed by atoms with van der Waals surface area (Å²) in [4.78, 5) is 0. The van der Waals surface area contributed by atoms with Gasteiger partial charge in [-0.25, -0.2) is 0 Å². The van der Waals surface area contributed by atoms with E-state index in [-0.39, 0.29) is 6.04 Å². The van der Waals surface area contributed by atoms with Gasteiger partial charge in [0.15, 0.2) is 0 Å². The van der Waals surface area contributed by atoms with Crippen molar-refractivity contribution in [3.05, 3.63) is 29.8 Å². The maximum absolute atomic E-state index is 11.1. The Morgan fingerprint density at radius 3 is 2.78 bits per heavy atom. The molecule has 1 aromatic rings. The molecule has 1 aliphatic heterocycles. The molecule has 1 fully saturated rings. The van der Waals surface area contributed by atoms with Crippen molar-refractivity contribution in [3.8, 4) is 0 Å². The first-order chi connectivity index (χ1) is 8.59. The molecule has 1 aliphatic carbocycles. The van der Waals surface area contributed by atoms with Crippen LogP contribution in [0.4, 0.5) is 5.69 Å². The lowest BCUT2D eigenvalue weighted by Gasteiger charge is -2.44. The Kier molecular flexibility index (Phi) is 2.86. The minimum Gasteiger partial charge on any atom is -0.387 e. The van der Waals surface area contributed by atoms with E-state index in [0.717, 1.165) is 31.6 Å². The van der Waals surface area contributed by atoms with E-state index in [1.807, 2.05) is 0 Å². The first-order valence-electron chi connectivity index (χ1n) is 7.16. The Hall–Kier alpha value is -1.02. The Labute approximate surface area is 109 Å². The number of rotatable bonds is 1. The highest BCUT2D eigenvalue weighted by atomic mass is 16.3. The third-order valence-electron chi connectivity index (χ3n) is 5.02. The van der Waals surface area contributed by atoms with Gasteiger partial charge >= 0.3 is 0 Å². The summed E-state index contributed by atoms with van der Waals surface area (Å²) in [5.41, 5.74) is 2.02. The molecule has 2 heteroatoms. The highest BCUT2D eigenvalue weighted by Crippen LogP contribution is 2.43. The SMILES string of the molecule is CC1CCC(O)(C2Cc3ccccc3N2)C(C)C1. The minimum absolute atomic E-state index is 0.192. The number of para-hydroxylation sites is 1. The molecule has 0 radical (unpaired) electrons. The van der Waals surface area contributed by atoms with Gasteiger partial charge in [-0.15, -0.1) is 0 Å². The van der Waals surface area contributed by atoms with Gasteiger partial charge in [0, 0.05) is 5.69 Å². The third-order valence-corrected chi connectivity index (χ3v) is 5.02. The van der Waals surface area contributed by atoms with E-state index in [0.29, 0.717) is 5.92 Å². The predicted molar refractivity (Wildman–Crippen MR) is 74.7 cm³/mol. The summed E-state index contributed by atoms with van der Waals surface area (Å²) >= 11 is 0. The van der Waals surface area contributed by atoms with Gasteiger partial charge in [-0.05, 0) is 49.1 Å². The van der Waals surface area contributed by atoms with Gasteiger partial charge in [-0.3, -0.25) is 0 Å². The summed E-state index contributed by atoms with van der Waals surface area (Å²) in [6.45, 7) is 4.51. The fourth-order valence-corrected chi connectivity index (χ4v) is 3.77. The number of fused-ring (bicyclic) bond motifs is 1. The van der Waals surface area contributed by atoms with Crippen LogP contribution >= 0.6 is 0 Å². The number of anilines is 1. The molecule has 98 valence electrons. The molecule has 0 amide bonds. The molecule has 3 rings (SSSR count). The predicted octanol–water partition coefficient (Wildman–Crippen LogP) is 3.21. The van der Waals surface area contributed by atoms with Gasteiger partial charge in [0.1, 0.15) is 0 Å². The van der Waals surface area contributed by atoms with E-state index in [9.17, 15) is 5.11 Å². The van der Waals surface area contributed by atoms with Gasteiger partial charge in [-0.2, -0.15) is 0 Å². The molecule has 2 N–H and O–H groups in total. The molecule has 0 aromatic heterocycles. The van der Waals surface area contributed by atoms with Crippen molar-refractivity contribution < 1.29 is 5.11 Å². The van der Waals surface area contributed by atoms with Crippen LogP contribution in [0.3, 0.4) is 0 Å². The van der Waals surface area contributed by atoms with E-state index in [1.54, 1.807) is 0 Å². The normalized spacial score (nSPS) is 39.2. The second-order valence-electron chi connectivity index (χ2n) is 6.33. The Morgan fingerprint density at radius 2 is 2.06 bits per heavy atom. The van der Waals surface area contributed by atoms with Crippen molar-refractivity contribution in [2.45, 2.75) is 51.2 Å². The lowest BCUT2D eigenvalue weighted by molar-refractivity contribution is -0.0656. The van der Waals surface area contributed by atoms with Crippen LogP contribution in [0.1, 0.15) is 38.7 Å². The summed E-state index contributed by atoms with van der Waals surface area (Å²) in [6, 6.07) is 8.62. The molecular formula is C16H23NO. The molecule has 2 aliphatic rings. The minimum atomic E-state index is -0.536. The molecule has 4 atom stereocenters. The quantitative estimate of drug-likeness (QED) is 0.796. The molecule has 18 heavy (non-hydrogen) atoms. The highest BCUT2D eigenvalue weighted by molar-refractivity contribution is 5.57. The second kappa shape index (κ2) is 4.27. The maximum atomic E-state index is 11.1. The van der Waals surface area contributed by atoms with Crippen molar-refractivity contribution in [1.82, 2.24) is 0 Å². The molecule has 2 nitrogen and oxygen atoms in total. The molecule has 1 saturated carbocycles. The number of benzene rings is 1. The number of hydrogen-bond donors (Lipinski definition) is 2. The lowest BCUT2D eigenvalue weighted by Crippen LogP contribution is -2.53. The summed E-state index contributed by atoms with van der Waals surface area (Å²) in [7, 11) is 0. The lowest BCUT2D eigenvalue weighted by atomic mass is 9.68. The summed E-state index contributed by atoms with van der Waals surface area (Å²) in [5, 5.41) is 14.6. The Morgan fingerprint density at radius 1 is 1.28 bits per heavy atom. The van der Waals surface area contributed by atoms with Crippen LogP contribution in [0, 0.1) is 11.8 Å². The number of aliphatic hydroxyl groups is 1. The summed E-state index contributed by atoms with van der Waals surface area (Å²) < 4.78 is 0. The van der Waals surface area contributed by atoms with Gasteiger partial charge < -0.3 is 10.4 Å².